The van der Waals surface area contributed by atoms with Crippen LogP contribution in [0.4, 0.5) is 0 Å². The average Bonchev–Trinajstić information content (AvgIpc) is 2.83. The van der Waals surface area contributed by atoms with Gasteiger partial charge in [0.05, 0.1) is 6.26 Å². The number of aryl methyl sites for hydroxylation is 1. The molecule has 3 nitrogen and oxygen atoms in total. The van der Waals surface area contributed by atoms with Gasteiger partial charge in [-0.3, -0.25) is 4.99 Å². The Morgan fingerprint density at radius 2 is 2.53 bits per heavy atom. The molecule has 0 radical (unpaired) electrons. The number of hydrogen-bond acceptors (Lipinski definition) is 4. The van der Waals surface area contributed by atoms with Gasteiger partial charge in [0.2, 0.25) is 0 Å². The van der Waals surface area contributed by atoms with E-state index in [4.69, 9.17) is 4.42 Å². The summed E-state index contributed by atoms with van der Waals surface area (Å²) in [5.41, 5.74) is 0. The molecule has 1 aromatic rings. The topological polar surface area (TPSA) is 37.5 Å². The van der Waals surface area contributed by atoms with Crippen molar-refractivity contribution in [3.8, 4) is 0 Å². The van der Waals surface area contributed by atoms with E-state index in [-0.39, 0.29) is 0 Å². The minimum absolute atomic E-state index is 0.444. The predicted molar refractivity (Wildman–Crippen MR) is 73.6 cm³/mol. The van der Waals surface area contributed by atoms with Crippen molar-refractivity contribution >= 4 is 16.9 Å². The number of thioether (sulfide) groups is 1. The molecule has 94 valence electrons. The smallest absolute Gasteiger partial charge is 0.156 e. The molecule has 2 atom stereocenters. The summed E-state index contributed by atoms with van der Waals surface area (Å²) in [4.78, 5) is 4.54. The second-order valence-electron chi connectivity index (χ2n) is 4.73. The molecule has 0 aliphatic carbocycles. The van der Waals surface area contributed by atoms with Crippen molar-refractivity contribution < 1.29 is 4.42 Å². The monoisotopic (exact) mass is 252 g/mol. The van der Waals surface area contributed by atoms with Gasteiger partial charge in [-0.25, -0.2) is 0 Å². The molecule has 2 unspecified atom stereocenters. The lowest BCUT2D eigenvalue weighted by molar-refractivity contribution is 0.483. The van der Waals surface area contributed by atoms with Crippen LogP contribution in [0.3, 0.4) is 0 Å². The molecule has 2 heterocycles. The lowest BCUT2D eigenvalue weighted by Crippen LogP contribution is -2.33. The van der Waals surface area contributed by atoms with Gasteiger partial charge in [0, 0.05) is 24.8 Å². The van der Waals surface area contributed by atoms with Crippen molar-refractivity contribution in [1.29, 1.82) is 0 Å². The van der Waals surface area contributed by atoms with Crippen molar-refractivity contribution in [1.82, 2.24) is 5.32 Å². The molecular weight excluding hydrogens is 232 g/mol. The van der Waals surface area contributed by atoms with Crippen LogP contribution < -0.4 is 5.32 Å². The number of nitrogens with zero attached hydrogens (tertiary/aromatic N) is 1. The molecule has 0 fully saturated rings. The number of rotatable bonds is 4. The standard InChI is InChI=1S/C13H20N2OS/c1-10-8-14-13(17-9-10)15-11(2)5-6-12-4-3-7-16-12/h3-4,7,10-11H,5-6,8-9H2,1-2H3,(H,14,15). The van der Waals surface area contributed by atoms with Gasteiger partial charge in [-0.15, -0.1) is 0 Å². The third kappa shape index (κ3) is 4.11. The normalized spacial score (nSPS) is 22.0. The third-order valence-electron chi connectivity index (χ3n) is 2.82. The van der Waals surface area contributed by atoms with Crippen molar-refractivity contribution in [2.24, 2.45) is 10.9 Å². The van der Waals surface area contributed by atoms with Gasteiger partial charge < -0.3 is 9.73 Å². The van der Waals surface area contributed by atoms with Gasteiger partial charge in [0.1, 0.15) is 5.76 Å². The maximum atomic E-state index is 5.32. The molecule has 17 heavy (non-hydrogen) atoms. The molecule has 0 bridgehead atoms. The first-order chi connectivity index (χ1) is 8.24. The van der Waals surface area contributed by atoms with E-state index < -0.39 is 0 Å². The lowest BCUT2D eigenvalue weighted by atomic mass is 10.1. The van der Waals surface area contributed by atoms with Gasteiger partial charge >= 0.3 is 0 Å². The van der Waals surface area contributed by atoms with Gasteiger partial charge in [-0.05, 0) is 31.4 Å². The van der Waals surface area contributed by atoms with E-state index in [2.05, 4.69) is 24.2 Å². The van der Waals surface area contributed by atoms with Crippen molar-refractivity contribution in [3.63, 3.8) is 0 Å². The quantitative estimate of drug-likeness (QED) is 0.895. The van der Waals surface area contributed by atoms with E-state index in [0.717, 1.165) is 30.3 Å². The van der Waals surface area contributed by atoms with E-state index in [0.29, 0.717) is 12.0 Å². The summed E-state index contributed by atoms with van der Waals surface area (Å²) in [5.74, 6) is 2.95. The molecule has 1 aliphatic rings. The van der Waals surface area contributed by atoms with Crippen LogP contribution >= 0.6 is 11.8 Å². The molecule has 1 N–H and O–H groups in total. The van der Waals surface area contributed by atoms with E-state index in [1.165, 1.54) is 5.75 Å². The summed E-state index contributed by atoms with van der Waals surface area (Å²) < 4.78 is 5.32. The maximum Gasteiger partial charge on any atom is 0.156 e. The van der Waals surface area contributed by atoms with Crippen LogP contribution in [0.15, 0.2) is 27.8 Å². The van der Waals surface area contributed by atoms with Crippen LogP contribution in [0.5, 0.6) is 0 Å². The Kier molecular flexibility index (Phi) is 4.54. The summed E-state index contributed by atoms with van der Waals surface area (Å²) >= 11 is 1.84. The predicted octanol–water partition coefficient (Wildman–Crippen LogP) is 2.93. The second-order valence-corrected chi connectivity index (χ2v) is 5.73. The first-order valence-corrected chi connectivity index (χ1v) is 7.19. The lowest BCUT2D eigenvalue weighted by Gasteiger charge is -2.21. The SMILES string of the molecule is CC1CN=C(NC(C)CCc2ccco2)SC1. The van der Waals surface area contributed by atoms with Crippen LogP contribution in [-0.2, 0) is 6.42 Å². The third-order valence-corrected chi connectivity index (χ3v) is 4.08. The largest absolute Gasteiger partial charge is 0.469 e. The fraction of sp³-hybridized carbons (Fsp3) is 0.615. The number of furan rings is 1. The van der Waals surface area contributed by atoms with Crippen LogP contribution in [-0.4, -0.2) is 23.5 Å². The number of aliphatic imine (C=N–C) groups is 1. The maximum absolute atomic E-state index is 5.32. The molecule has 1 aromatic heterocycles. The van der Waals surface area contributed by atoms with Crippen LogP contribution in [0, 0.1) is 5.92 Å². The highest BCUT2D eigenvalue weighted by atomic mass is 32.2. The highest BCUT2D eigenvalue weighted by molar-refractivity contribution is 8.13. The first-order valence-electron chi connectivity index (χ1n) is 6.20. The highest BCUT2D eigenvalue weighted by Gasteiger charge is 2.13. The fourth-order valence-electron chi connectivity index (χ4n) is 1.74. The molecule has 2 rings (SSSR count). The van der Waals surface area contributed by atoms with E-state index in [9.17, 15) is 0 Å². The zero-order chi connectivity index (χ0) is 12.1. The van der Waals surface area contributed by atoms with Crippen molar-refractivity contribution in [2.75, 3.05) is 12.3 Å². The van der Waals surface area contributed by atoms with Crippen molar-refractivity contribution in [2.45, 2.75) is 32.7 Å². The number of hydrogen-bond donors (Lipinski definition) is 1. The first kappa shape index (κ1) is 12.6. The Hall–Kier alpha value is -0.900. The minimum atomic E-state index is 0.444. The van der Waals surface area contributed by atoms with Crippen LogP contribution in [0.1, 0.15) is 26.0 Å². The Balaban J connectivity index is 1.72. The Bertz CT molecular complexity index is 362. The second kappa shape index (κ2) is 6.15. The molecular formula is C13H20N2OS. The Morgan fingerprint density at radius 3 is 3.18 bits per heavy atom. The van der Waals surface area contributed by atoms with Gasteiger partial charge in [-0.2, -0.15) is 0 Å². The fourth-order valence-corrected chi connectivity index (χ4v) is 2.74. The van der Waals surface area contributed by atoms with Crippen molar-refractivity contribution in [3.05, 3.63) is 24.2 Å². The van der Waals surface area contributed by atoms with Crippen LogP contribution in [0.25, 0.3) is 0 Å². The zero-order valence-corrected chi connectivity index (χ0v) is 11.3. The molecule has 0 spiro atoms. The molecule has 0 saturated carbocycles. The highest BCUT2D eigenvalue weighted by Crippen LogP contribution is 2.16. The Morgan fingerprint density at radius 1 is 1.65 bits per heavy atom. The van der Waals surface area contributed by atoms with E-state index in [1.54, 1.807) is 6.26 Å². The van der Waals surface area contributed by atoms with Gasteiger partial charge in [-0.1, -0.05) is 18.7 Å². The van der Waals surface area contributed by atoms with E-state index >= 15 is 0 Å². The summed E-state index contributed by atoms with van der Waals surface area (Å²) in [6, 6.07) is 4.41. The molecule has 0 saturated heterocycles. The Labute approximate surface area is 107 Å². The number of nitrogens with one attached hydrogen (secondary N) is 1. The van der Waals surface area contributed by atoms with Gasteiger partial charge in [0.15, 0.2) is 5.17 Å². The molecule has 0 aromatic carbocycles. The van der Waals surface area contributed by atoms with Gasteiger partial charge in [0.25, 0.3) is 0 Å². The molecule has 4 heteroatoms. The zero-order valence-electron chi connectivity index (χ0n) is 10.5. The minimum Gasteiger partial charge on any atom is -0.469 e. The average molecular weight is 252 g/mol. The van der Waals surface area contributed by atoms with Crippen LogP contribution in [0.2, 0.25) is 0 Å². The molecule has 0 amide bonds. The number of amidine groups is 1. The summed E-state index contributed by atoms with van der Waals surface area (Å²) in [6.07, 6.45) is 3.79. The summed E-state index contributed by atoms with van der Waals surface area (Å²) in [7, 11) is 0. The van der Waals surface area contributed by atoms with E-state index in [1.807, 2.05) is 23.9 Å². The molecule has 1 aliphatic heterocycles. The summed E-state index contributed by atoms with van der Waals surface area (Å²) in [5, 5.41) is 4.58. The summed E-state index contributed by atoms with van der Waals surface area (Å²) in [6.45, 7) is 5.40.